The highest BCUT2D eigenvalue weighted by Gasteiger charge is 2.51. The van der Waals surface area contributed by atoms with Crippen molar-refractivity contribution in [1.29, 1.82) is 0 Å². The summed E-state index contributed by atoms with van der Waals surface area (Å²) in [7, 11) is 0. The molecule has 1 fully saturated rings. The lowest BCUT2D eigenvalue weighted by atomic mass is 9.49. The molecule has 0 aliphatic heterocycles. The smallest absolute Gasteiger partial charge is 0.157 e. The van der Waals surface area contributed by atoms with E-state index in [2.05, 4.69) is 51.2 Å². The summed E-state index contributed by atoms with van der Waals surface area (Å²) in [5.41, 5.74) is 6.17. The third-order valence-corrected chi connectivity index (χ3v) is 8.07. The second-order valence-electron chi connectivity index (χ2n) is 10.5. The van der Waals surface area contributed by atoms with Gasteiger partial charge in [0.25, 0.3) is 0 Å². The molecule has 0 unspecified atom stereocenters. The van der Waals surface area contributed by atoms with Gasteiger partial charge in [-0.2, -0.15) is 0 Å². The van der Waals surface area contributed by atoms with Crippen molar-refractivity contribution in [2.24, 2.45) is 11.3 Å². The number of aromatic hydroxyl groups is 2. The molecule has 0 bridgehead atoms. The van der Waals surface area contributed by atoms with Crippen molar-refractivity contribution in [2.75, 3.05) is 6.54 Å². The van der Waals surface area contributed by atoms with E-state index in [1.807, 2.05) is 6.07 Å². The molecule has 3 nitrogen and oxygen atoms in total. The van der Waals surface area contributed by atoms with Gasteiger partial charge in [0.2, 0.25) is 0 Å². The molecule has 0 radical (unpaired) electrons. The van der Waals surface area contributed by atoms with Crippen LogP contribution in [0.5, 0.6) is 11.5 Å². The van der Waals surface area contributed by atoms with Gasteiger partial charge in [-0.25, -0.2) is 0 Å². The predicted octanol–water partition coefficient (Wildman–Crippen LogP) is 6.02. The molecule has 0 amide bonds. The van der Waals surface area contributed by atoms with Crippen molar-refractivity contribution >= 4 is 0 Å². The van der Waals surface area contributed by atoms with E-state index in [0.717, 1.165) is 12.1 Å². The minimum absolute atomic E-state index is 0.0459. The Kier molecular flexibility index (Phi) is 5.61. The summed E-state index contributed by atoms with van der Waals surface area (Å²) in [5.74, 6) is 1.16. The Morgan fingerprint density at radius 3 is 2.57 bits per heavy atom. The number of rotatable bonds is 5. The van der Waals surface area contributed by atoms with E-state index in [0.29, 0.717) is 18.4 Å². The lowest BCUT2D eigenvalue weighted by Gasteiger charge is -2.55. The average molecular weight is 408 g/mol. The third kappa shape index (κ3) is 3.73. The number of phenolic OH excluding ortho intramolecular Hbond substituents is 2. The summed E-state index contributed by atoms with van der Waals surface area (Å²) in [6, 6.07) is 12.4. The van der Waals surface area contributed by atoms with Gasteiger partial charge in [0.05, 0.1) is 0 Å². The van der Waals surface area contributed by atoms with Crippen molar-refractivity contribution in [3.63, 3.8) is 0 Å². The van der Waals surface area contributed by atoms with Gasteiger partial charge < -0.3 is 15.5 Å². The summed E-state index contributed by atoms with van der Waals surface area (Å²) in [5, 5.41) is 22.9. The molecular formula is C27H37NO2. The molecule has 3 N–H and O–H groups in total. The number of nitrogens with one attached hydrogen (secondary N) is 1. The third-order valence-electron chi connectivity index (χ3n) is 8.07. The molecule has 0 heterocycles. The number of hydrogen-bond acceptors (Lipinski definition) is 3. The van der Waals surface area contributed by atoms with Crippen LogP contribution >= 0.6 is 0 Å². The fraction of sp³-hybridized carbons (Fsp3) is 0.556. The van der Waals surface area contributed by atoms with Crippen LogP contribution in [0.3, 0.4) is 0 Å². The topological polar surface area (TPSA) is 52.5 Å². The molecule has 0 aromatic heterocycles. The quantitative estimate of drug-likeness (QED) is 0.531. The summed E-state index contributed by atoms with van der Waals surface area (Å²) >= 11 is 0. The highest BCUT2D eigenvalue weighted by molar-refractivity contribution is 5.42. The fourth-order valence-electron chi connectivity index (χ4n) is 6.39. The van der Waals surface area contributed by atoms with Crippen LogP contribution < -0.4 is 5.32 Å². The molecule has 30 heavy (non-hydrogen) atoms. The monoisotopic (exact) mass is 407 g/mol. The van der Waals surface area contributed by atoms with E-state index < -0.39 is 0 Å². The first-order valence-electron chi connectivity index (χ1n) is 11.6. The van der Waals surface area contributed by atoms with Crippen LogP contribution in [-0.4, -0.2) is 16.8 Å². The van der Waals surface area contributed by atoms with E-state index >= 15 is 0 Å². The molecule has 162 valence electrons. The molecule has 3 heteroatoms. The van der Waals surface area contributed by atoms with E-state index in [1.54, 1.807) is 23.3 Å². The van der Waals surface area contributed by atoms with Crippen molar-refractivity contribution < 1.29 is 10.2 Å². The number of aryl methyl sites for hydroxylation is 1. The van der Waals surface area contributed by atoms with Crippen LogP contribution in [0.25, 0.3) is 0 Å². The van der Waals surface area contributed by atoms with Gasteiger partial charge in [-0.1, -0.05) is 58.4 Å². The lowest BCUT2D eigenvalue weighted by molar-refractivity contribution is 0.0257. The number of phenols is 2. The molecule has 0 spiro atoms. The van der Waals surface area contributed by atoms with Gasteiger partial charge >= 0.3 is 0 Å². The maximum Gasteiger partial charge on any atom is 0.157 e. The Morgan fingerprint density at radius 2 is 1.83 bits per heavy atom. The van der Waals surface area contributed by atoms with E-state index in [1.165, 1.54) is 37.7 Å². The first-order valence-corrected chi connectivity index (χ1v) is 11.6. The molecular weight excluding hydrogens is 370 g/mol. The molecule has 2 aromatic carbocycles. The van der Waals surface area contributed by atoms with Gasteiger partial charge in [0, 0.05) is 13.1 Å². The number of benzene rings is 2. The normalized spacial score (nSPS) is 28.2. The number of hydrogen-bond donors (Lipinski definition) is 3. The van der Waals surface area contributed by atoms with Crippen LogP contribution in [-0.2, 0) is 18.4 Å². The van der Waals surface area contributed by atoms with Gasteiger partial charge in [-0.15, -0.1) is 0 Å². The van der Waals surface area contributed by atoms with Gasteiger partial charge in [0.1, 0.15) is 0 Å². The molecule has 4 rings (SSSR count). The first kappa shape index (κ1) is 21.2. The maximum atomic E-state index is 9.76. The first-order chi connectivity index (χ1) is 14.2. The molecule has 2 aliphatic rings. The Balaban J connectivity index is 1.52. The zero-order valence-electron chi connectivity index (χ0n) is 19.0. The van der Waals surface area contributed by atoms with E-state index in [4.69, 9.17) is 0 Å². The fourth-order valence-corrected chi connectivity index (χ4v) is 6.39. The van der Waals surface area contributed by atoms with Gasteiger partial charge in [-0.05, 0) is 82.7 Å². The SMILES string of the molecule is CC(C)c1ccc2c(c1)CC[C@@H]1[C@@](C)(CNCc3ccc(O)c(O)c3)CCC[C@@]21C. The molecule has 2 aliphatic carbocycles. The lowest BCUT2D eigenvalue weighted by Crippen LogP contribution is -2.52. The molecule has 0 saturated heterocycles. The van der Waals surface area contributed by atoms with Crippen molar-refractivity contribution in [2.45, 2.75) is 77.7 Å². The van der Waals surface area contributed by atoms with Crippen molar-refractivity contribution in [1.82, 2.24) is 5.32 Å². The zero-order chi connectivity index (χ0) is 21.5. The molecule has 1 saturated carbocycles. The average Bonchev–Trinajstić information content (AvgIpc) is 2.70. The standard InChI is InChI=1S/C27H37NO2/c1-18(2)20-7-9-22-21(15-20)8-11-25-26(3,12-5-13-27(22,25)4)17-28-16-19-6-10-23(29)24(30)14-19/h6-7,9-10,14-15,18,25,28-30H,5,8,11-13,16-17H2,1-4H3/t25-,26-,27+/m1/s1. The second kappa shape index (κ2) is 7.92. The van der Waals surface area contributed by atoms with Crippen molar-refractivity contribution in [3.8, 4) is 11.5 Å². The Hall–Kier alpha value is -2.00. The Bertz CT molecular complexity index is 921. The van der Waals surface area contributed by atoms with Crippen LogP contribution in [0, 0.1) is 11.3 Å². The summed E-state index contributed by atoms with van der Waals surface area (Å²) in [6.45, 7) is 11.2. The van der Waals surface area contributed by atoms with Crippen LogP contribution in [0.2, 0.25) is 0 Å². The van der Waals surface area contributed by atoms with E-state index in [9.17, 15) is 10.2 Å². The zero-order valence-corrected chi connectivity index (χ0v) is 19.0. The molecule has 2 aromatic rings. The highest BCUT2D eigenvalue weighted by atomic mass is 16.3. The Morgan fingerprint density at radius 1 is 1.03 bits per heavy atom. The minimum atomic E-state index is -0.0599. The minimum Gasteiger partial charge on any atom is -0.504 e. The van der Waals surface area contributed by atoms with Crippen LogP contribution in [0.1, 0.15) is 81.5 Å². The van der Waals surface area contributed by atoms with E-state index in [-0.39, 0.29) is 22.3 Å². The summed E-state index contributed by atoms with van der Waals surface area (Å²) < 4.78 is 0. The predicted molar refractivity (Wildman–Crippen MR) is 123 cm³/mol. The Labute approximate surface area is 181 Å². The summed E-state index contributed by atoms with van der Waals surface area (Å²) in [4.78, 5) is 0. The van der Waals surface area contributed by atoms with Gasteiger partial charge in [-0.3, -0.25) is 0 Å². The molecule has 3 atom stereocenters. The number of fused-ring (bicyclic) bond motifs is 3. The van der Waals surface area contributed by atoms with Crippen LogP contribution in [0.4, 0.5) is 0 Å². The van der Waals surface area contributed by atoms with Crippen LogP contribution in [0.15, 0.2) is 36.4 Å². The van der Waals surface area contributed by atoms with Crippen molar-refractivity contribution in [3.05, 3.63) is 58.7 Å². The maximum absolute atomic E-state index is 9.76. The largest absolute Gasteiger partial charge is 0.504 e. The second-order valence-corrected chi connectivity index (χ2v) is 10.5. The van der Waals surface area contributed by atoms with Gasteiger partial charge in [0.15, 0.2) is 11.5 Å². The summed E-state index contributed by atoms with van der Waals surface area (Å²) in [6.07, 6.45) is 6.28. The highest BCUT2D eigenvalue weighted by Crippen LogP contribution is 2.57.